The molecule has 0 saturated carbocycles. The molecule has 0 unspecified atom stereocenters. The quantitative estimate of drug-likeness (QED) is 0.900. The molecule has 1 aromatic carbocycles. The fourth-order valence-corrected chi connectivity index (χ4v) is 3.91. The number of rotatable bonds is 5. The molecular formula is C15H24N2O3S. The average Bonchev–Trinajstić information content (AvgIpc) is 2.43. The van der Waals surface area contributed by atoms with Crippen molar-refractivity contribution >= 4 is 10.0 Å². The molecule has 1 N–H and O–H groups in total. The van der Waals surface area contributed by atoms with Crippen LogP contribution in [0.3, 0.4) is 0 Å². The molecular weight excluding hydrogens is 288 g/mol. The van der Waals surface area contributed by atoms with Crippen LogP contribution in [0.2, 0.25) is 0 Å². The van der Waals surface area contributed by atoms with Gasteiger partial charge in [0.1, 0.15) is 5.75 Å². The summed E-state index contributed by atoms with van der Waals surface area (Å²) < 4.78 is 33.1. The second-order valence-corrected chi connectivity index (χ2v) is 7.27. The Balaban J connectivity index is 2.10. The van der Waals surface area contributed by atoms with E-state index in [1.54, 1.807) is 18.2 Å². The smallest absolute Gasteiger partial charge is 0.240 e. The SMILES string of the molecule is CCOc1ccc(S(=O)(=O)NC2CCN(C)CC2)cc1C. The van der Waals surface area contributed by atoms with Gasteiger partial charge < -0.3 is 9.64 Å². The van der Waals surface area contributed by atoms with E-state index in [1.165, 1.54) is 0 Å². The number of nitrogens with zero attached hydrogens (tertiary/aromatic N) is 1. The number of hydrogen-bond donors (Lipinski definition) is 1. The Labute approximate surface area is 127 Å². The van der Waals surface area contributed by atoms with E-state index in [4.69, 9.17) is 4.74 Å². The van der Waals surface area contributed by atoms with Gasteiger partial charge in [-0.3, -0.25) is 0 Å². The molecule has 0 amide bonds. The number of sulfonamides is 1. The van der Waals surface area contributed by atoms with E-state index < -0.39 is 10.0 Å². The van der Waals surface area contributed by atoms with Crippen molar-refractivity contribution in [2.75, 3.05) is 26.7 Å². The predicted octanol–water partition coefficient (Wildman–Crippen LogP) is 1.77. The Bertz CT molecular complexity index is 579. The average molecular weight is 312 g/mol. The van der Waals surface area contributed by atoms with Gasteiger partial charge in [-0.05, 0) is 70.6 Å². The van der Waals surface area contributed by atoms with Gasteiger partial charge in [0, 0.05) is 6.04 Å². The van der Waals surface area contributed by atoms with E-state index in [0.29, 0.717) is 11.5 Å². The van der Waals surface area contributed by atoms with Crippen LogP contribution in [-0.4, -0.2) is 46.1 Å². The summed E-state index contributed by atoms with van der Waals surface area (Å²) in [5.41, 5.74) is 0.836. The lowest BCUT2D eigenvalue weighted by molar-refractivity contribution is 0.248. The maximum Gasteiger partial charge on any atom is 0.240 e. The van der Waals surface area contributed by atoms with Crippen LogP contribution in [0.1, 0.15) is 25.3 Å². The highest BCUT2D eigenvalue weighted by Crippen LogP contribution is 2.22. The van der Waals surface area contributed by atoms with Gasteiger partial charge in [-0.2, -0.15) is 0 Å². The first-order valence-electron chi connectivity index (χ1n) is 7.36. The minimum Gasteiger partial charge on any atom is -0.494 e. The van der Waals surface area contributed by atoms with Gasteiger partial charge in [-0.1, -0.05) is 0 Å². The lowest BCUT2D eigenvalue weighted by Crippen LogP contribution is -2.43. The third-order valence-corrected chi connectivity index (χ3v) is 5.32. The van der Waals surface area contributed by atoms with Crippen molar-refractivity contribution in [1.29, 1.82) is 0 Å². The molecule has 118 valence electrons. The molecule has 1 fully saturated rings. The van der Waals surface area contributed by atoms with Crippen molar-refractivity contribution in [2.24, 2.45) is 0 Å². The van der Waals surface area contributed by atoms with Gasteiger partial charge in [0.15, 0.2) is 0 Å². The van der Waals surface area contributed by atoms with Crippen molar-refractivity contribution in [3.63, 3.8) is 0 Å². The van der Waals surface area contributed by atoms with Crippen LogP contribution < -0.4 is 9.46 Å². The number of piperidine rings is 1. The highest BCUT2D eigenvalue weighted by Gasteiger charge is 2.23. The number of hydrogen-bond acceptors (Lipinski definition) is 4. The van der Waals surface area contributed by atoms with E-state index in [0.717, 1.165) is 37.2 Å². The Hall–Kier alpha value is -1.11. The van der Waals surface area contributed by atoms with Gasteiger partial charge in [0.25, 0.3) is 0 Å². The van der Waals surface area contributed by atoms with Gasteiger partial charge in [0.05, 0.1) is 11.5 Å². The fraction of sp³-hybridized carbons (Fsp3) is 0.600. The van der Waals surface area contributed by atoms with Crippen LogP contribution in [0.25, 0.3) is 0 Å². The van der Waals surface area contributed by atoms with Crippen LogP contribution in [0, 0.1) is 6.92 Å². The molecule has 0 bridgehead atoms. The summed E-state index contributed by atoms with van der Waals surface area (Å²) in [6.45, 7) is 6.19. The summed E-state index contributed by atoms with van der Waals surface area (Å²) in [4.78, 5) is 2.52. The third kappa shape index (κ3) is 4.18. The third-order valence-electron chi connectivity index (χ3n) is 3.80. The van der Waals surface area contributed by atoms with Gasteiger partial charge >= 0.3 is 0 Å². The molecule has 0 radical (unpaired) electrons. The van der Waals surface area contributed by atoms with Crippen molar-refractivity contribution in [2.45, 2.75) is 37.6 Å². The Kier molecular flexibility index (Phi) is 5.24. The maximum absolute atomic E-state index is 12.4. The van der Waals surface area contributed by atoms with E-state index in [1.807, 2.05) is 13.8 Å². The Morgan fingerprint density at radius 1 is 1.33 bits per heavy atom. The molecule has 1 aliphatic heterocycles. The number of aryl methyl sites for hydroxylation is 1. The Morgan fingerprint density at radius 2 is 2.00 bits per heavy atom. The number of likely N-dealkylation sites (tertiary alicyclic amines) is 1. The lowest BCUT2D eigenvalue weighted by atomic mass is 10.1. The zero-order valence-corrected chi connectivity index (χ0v) is 13.7. The maximum atomic E-state index is 12.4. The minimum atomic E-state index is -3.46. The normalized spacial score (nSPS) is 17.9. The molecule has 1 saturated heterocycles. The number of nitrogens with one attached hydrogen (secondary N) is 1. The standard InChI is InChI=1S/C15H24N2O3S/c1-4-20-15-6-5-14(11-12(15)2)21(18,19)16-13-7-9-17(3)10-8-13/h5-6,11,13,16H,4,7-10H2,1-3H3. The largest absolute Gasteiger partial charge is 0.494 e. The van der Waals surface area contributed by atoms with Crippen LogP contribution in [0.5, 0.6) is 5.75 Å². The molecule has 0 atom stereocenters. The van der Waals surface area contributed by atoms with Gasteiger partial charge in [-0.15, -0.1) is 0 Å². The molecule has 5 nitrogen and oxygen atoms in total. The summed E-state index contributed by atoms with van der Waals surface area (Å²) in [7, 11) is -1.40. The van der Waals surface area contributed by atoms with Crippen LogP contribution in [0.15, 0.2) is 23.1 Å². The fourth-order valence-electron chi connectivity index (χ4n) is 2.52. The summed E-state index contributed by atoms with van der Waals surface area (Å²) in [6.07, 6.45) is 1.71. The zero-order valence-electron chi connectivity index (χ0n) is 12.9. The van der Waals surface area contributed by atoms with Crippen molar-refractivity contribution < 1.29 is 13.2 Å². The second kappa shape index (κ2) is 6.77. The minimum absolute atomic E-state index is 0.0260. The molecule has 6 heteroatoms. The Morgan fingerprint density at radius 3 is 2.57 bits per heavy atom. The van der Waals surface area contributed by atoms with Crippen LogP contribution >= 0.6 is 0 Å². The summed E-state index contributed by atoms with van der Waals surface area (Å²) in [6, 6.07) is 5.03. The molecule has 0 aromatic heterocycles. The van der Waals surface area contributed by atoms with E-state index in [2.05, 4.69) is 16.7 Å². The molecule has 0 spiro atoms. The first kappa shape index (κ1) is 16.3. The monoisotopic (exact) mass is 312 g/mol. The van der Waals surface area contributed by atoms with E-state index in [9.17, 15) is 8.42 Å². The van der Waals surface area contributed by atoms with E-state index >= 15 is 0 Å². The summed E-state index contributed by atoms with van der Waals surface area (Å²) in [5.74, 6) is 0.732. The molecule has 1 aliphatic rings. The molecule has 1 aromatic rings. The van der Waals surface area contributed by atoms with Gasteiger partial charge in [-0.25, -0.2) is 13.1 Å². The van der Waals surface area contributed by atoms with E-state index in [-0.39, 0.29) is 6.04 Å². The molecule has 0 aliphatic carbocycles. The first-order chi connectivity index (χ1) is 9.92. The predicted molar refractivity (Wildman–Crippen MR) is 83.2 cm³/mol. The number of ether oxygens (including phenoxy) is 1. The highest BCUT2D eigenvalue weighted by atomic mass is 32.2. The van der Waals surface area contributed by atoms with Gasteiger partial charge in [0.2, 0.25) is 10.0 Å². The van der Waals surface area contributed by atoms with Crippen LogP contribution in [0.4, 0.5) is 0 Å². The highest BCUT2D eigenvalue weighted by molar-refractivity contribution is 7.89. The molecule has 2 rings (SSSR count). The zero-order chi connectivity index (χ0) is 15.5. The molecule has 21 heavy (non-hydrogen) atoms. The summed E-state index contributed by atoms with van der Waals surface area (Å²) >= 11 is 0. The van der Waals surface area contributed by atoms with Crippen molar-refractivity contribution in [3.05, 3.63) is 23.8 Å². The lowest BCUT2D eigenvalue weighted by Gasteiger charge is -2.29. The van der Waals surface area contributed by atoms with Crippen LogP contribution in [-0.2, 0) is 10.0 Å². The number of benzene rings is 1. The van der Waals surface area contributed by atoms with Crippen molar-refractivity contribution in [1.82, 2.24) is 9.62 Å². The second-order valence-electron chi connectivity index (χ2n) is 5.56. The first-order valence-corrected chi connectivity index (χ1v) is 8.85. The van der Waals surface area contributed by atoms with Crippen molar-refractivity contribution in [3.8, 4) is 5.75 Å². The summed E-state index contributed by atoms with van der Waals surface area (Å²) in [5, 5.41) is 0. The molecule has 1 heterocycles. The topological polar surface area (TPSA) is 58.6 Å².